The highest BCUT2D eigenvalue weighted by molar-refractivity contribution is 6.16. The second kappa shape index (κ2) is 5.85. The first-order chi connectivity index (χ1) is 16.9. The molecule has 4 aromatic carbocycles. The van der Waals surface area contributed by atoms with Crippen LogP contribution in [0.4, 0.5) is 0 Å². The van der Waals surface area contributed by atoms with Gasteiger partial charge in [0, 0.05) is 11.8 Å². The molecule has 156 valence electrons. The molecule has 0 saturated carbocycles. The van der Waals surface area contributed by atoms with Crippen molar-refractivity contribution in [3.8, 4) is 22.3 Å². The Hall–Kier alpha value is -4.16. The molecule has 0 radical (unpaired) electrons. The Labute approximate surface area is 197 Å². The Morgan fingerprint density at radius 2 is 1.50 bits per heavy atom. The lowest BCUT2D eigenvalue weighted by atomic mass is 9.79. The highest BCUT2D eigenvalue weighted by atomic mass is 14.3. The lowest BCUT2D eigenvalue weighted by Crippen LogP contribution is -2.32. The number of hydrogen-bond donors (Lipinski definition) is 0. The Kier molecular flexibility index (Phi) is 2.98. The highest BCUT2D eigenvalue weighted by Crippen LogP contribution is 2.46. The first kappa shape index (κ1) is 17.3. The summed E-state index contributed by atoms with van der Waals surface area (Å²) in [5.41, 5.74) is 11.3. The van der Waals surface area contributed by atoms with Gasteiger partial charge in [0.15, 0.2) is 0 Å². The highest BCUT2D eigenvalue weighted by Gasteiger charge is 2.31. The van der Waals surface area contributed by atoms with Crippen LogP contribution < -0.4 is 20.9 Å². The van der Waals surface area contributed by atoms with Crippen molar-refractivity contribution in [2.24, 2.45) is 5.92 Å². The molecule has 4 aromatic rings. The van der Waals surface area contributed by atoms with Crippen molar-refractivity contribution in [1.29, 1.82) is 0 Å². The van der Waals surface area contributed by atoms with Gasteiger partial charge in [-0.3, -0.25) is 0 Å². The molecule has 2 unspecified atom stereocenters. The predicted molar refractivity (Wildman–Crippen MR) is 142 cm³/mol. The van der Waals surface area contributed by atoms with Gasteiger partial charge >= 0.3 is 0 Å². The lowest BCUT2D eigenvalue weighted by Gasteiger charge is -2.24. The topological polar surface area (TPSA) is 0 Å². The molecule has 9 rings (SSSR count). The number of allylic oxidation sites excluding steroid dienone is 6. The molecule has 0 heterocycles. The lowest BCUT2D eigenvalue weighted by molar-refractivity contribution is 0.982. The van der Waals surface area contributed by atoms with E-state index in [4.69, 9.17) is 0 Å². The number of benzene rings is 4. The molecule has 0 fully saturated rings. The van der Waals surface area contributed by atoms with Gasteiger partial charge < -0.3 is 0 Å². The molecule has 0 heteroatoms. The van der Waals surface area contributed by atoms with Gasteiger partial charge in [-0.1, -0.05) is 97.1 Å². The summed E-state index contributed by atoms with van der Waals surface area (Å²) in [5.74, 6) is 0.696. The molecule has 0 amide bonds. The van der Waals surface area contributed by atoms with Gasteiger partial charge in [0.25, 0.3) is 0 Å². The van der Waals surface area contributed by atoms with E-state index in [0.717, 1.165) is 0 Å². The fourth-order valence-corrected chi connectivity index (χ4v) is 7.11. The number of fused-ring (bicyclic) bond motifs is 9. The maximum Gasteiger partial charge on any atom is 0.0291 e. The van der Waals surface area contributed by atoms with Crippen molar-refractivity contribution >= 4 is 34.1 Å². The zero-order valence-electron chi connectivity index (χ0n) is 18.5. The maximum atomic E-state index is 2.55. The van der Waals surface area contributed by atoms with Crippen LogP contribution in [0.15, 0.2) is 103 Å². The van der Waals surface area contributed by atoms with Gasteiger partial charge in [-0.05, 0) is 88.3 Å². The summed E-state index contributed by atoms with van der Waals surface area (Å²) in [6.45, 7) is 0. The van der Waals surface area contributed by atoms with Crippen LogP contribution in [-0.2, 0) is 0 Å². The van der Waals surface area contributed by atoms with Crippen LogP contribution in [0.3, 0.4) is 0 Å². The first-order valence-electron chi connectivity index (χ1n) is 12.2. The molecule has 0 N–H and O–H groups in total. The summed E-state index contributed by atoms with van der Waals surface area (Å²) in [7, 11) is 0. The summed E-state index contributed by atoms with van der Waals surface area (Å²) in [4.78, 5) is 0. The van der Waals surface area contributed by atoms with Crippen LogP contribution in [0, 0.1) is 5.92 Å². The fraction of sp³-hybridized carbons (Fsp3) is 0.0588. The fourth-order valence-electron chi connectivity index (χ4n) is 7.11. The van der Waals surface area contributed by atoms with Gasteiger partial charge in [-0.15, -0.1) is 0 Å². The van der Waals surface area contributed by atoms with E-state index in [-0.39, 0.29) is 0 Å². The van der Waals surface area contributed by atoms with Crippen LogP contribution >= 0.6 is 0 Å². The summed E-state index contributed by atoms with van der Waals surface area (Å²) >= 11 is 0. The molecule has 2 atom stereocenters. The molecule has 0 aromatic heterocycles. The first-order valence-corrected chi connectivity index (χ1v) is 12.2. The van der Waals surface area contributed by atoms with Crippen molar-refractivity contribution in [1.82, 2.24) is 0 Å². The summed E-state index contributed by atoms with van der Waals surface area (Å²) < 4.78 is 0. The van der Waals surface area contributed by atoms with E-state index < -0.39 is 0 Å². The molecule has 0 nitrogen and oxygen atoms in total. The minimum absolute atomic E-state index is 0.317. The number of hydrogen-bond acceptors (Lipinski definition) is 0. The van der Waals surface area contributed by atoms with E-state index in [0.29, 0.717) is 11.8 Å². The summed E-state index contributed by atoms with van der Waals surface area (Å²) in [6, 6.07) is 25.1. The van der Waals surface area contributed by atoms with E-state index in [9.17, 15) is 0 Å². The third kappa shape index (κ3) is 1.93. The van der Waals surface area contributed by atoms with Crippen LogP contribution in [-0.4, -0.2) is 0 Å². The third-order valence-electron chi connectivity index (χ3n) is 8.47. The molecule has 5 aliphatic carbocycles. The van der Waals surface area contributed by atoms with Gasteiger partial charge in [0.2, 0.25) is 0 Å². The van der Waals surface area contributed by atoms with Crippen LogP contribution in [0.1, 0.15) is 11.5 Å². The van der Waals surface area contributed by atoms with Gasteiger partial charge in [-0.2, -0.15) is 0 Å². The van der Waals surface area contributed by atoms with Crippen molar-refractivity contribution < 1.29 is 0 Å². The van der Waals surface area contributed by atoms with E-state index in [1.54, 1.807) is 0 Å². The minimum Gasteiger partial charge on any atom is -0.0726 e. The average molecular weight is 429 g/mol. The van der Waals surface area contributed by atoms with Gasteiger partial charge in [0.05, 0.1) is 0 Å². The quantitative estimate of drug-likeness (QED) is 0.331. The average Bonchev–Trinajstić information content (AvgIpc) is 3.38. The van der Waals surface area contributed by atoms with E-state index in [1.807, 2.05) is 0 Å². The second-order valence-electron chi connectivity index (χ2n) is 10.0. The Morgan fingerprint density at radius 3 is 2.44 bits per heavy atom. The normalized spacial score (nSPS) is 21.2. The van der Waals surface area contributed by atoms with E-state index >= 15 is 0 Å². The van der Waals surface area contributed by atoms with Crippen LogP contribution in [0.2, 0.25) is 0 Å². The maximum absolute atomic E-state index is 2.55. The largest absolute Gasteiger partial charge is 0.0726 e. The van der Waals surface area contributed by atoms with Crippen LogP contribution in [0.5, 0.6) is 0 Å². The Bertz CT molecular complexity index is 2010. The zero-order chi connectivity index (χ0) is 22.0. The molecule has 0 spiro atoms. The molecule has 0 aliphatic heterocycles. The zero-order valence-corrected chi connectivity index (χ0v) is 18.5. The minimum atomic E-state index is 0.317. The number of rotatable bonds is 0. The Balaban J connectivity index is 1.43. The van der Waals surface area contributed by atoms with Crippen molar-refractivity contribution in [3.63, 3.8) is 0 Å². The smallest absolute Gasteiger partial charge is 0.0291 e. The van der Waals surface area contributed by atoms with Crippen LogP contribution in [0.25, 0.3) is 56.3 Å². The van der Waals surface area contributed by atoms with E-state index in [1.165, 1.54) is 76.2 Å². The molecule has 34 heavy (non-hydrogen) atoms. The van der Waals surface area contributed by atoms with Crippen molar-refractivity contribution in [3.05, 3.63) is 129 Å². The predicted octanol–water partition coefficient (Wildman–Crippen LogP) is 4.84. The van der Waals surface area contributed by atoms with Crippen molar-refractivity contribution in [2.75, 3.05) is 0 Å². The molecular formula is C34H20. The van der Waals surface area contributed by atoms with Crippen molar-refractivity contribution in [2.45, 2.75) is 5.92 Å². The molecule has 5 aliphatic rings. The van der Waals surface area contributed by atoms with E-state index in [2.05, 4.69) is 109 Å². The monoisotopic (exact) mass is 428 g/mol. The second-order valence-corrected chi connectivity index (χ2v) is 10.0. The molecular weight excluding hydrogens is 408 g/mol. The summed E-state index contributed by atoms with van der Waals surface area (Å²) in [6.07, 6.45) is 16.5. The molecule has 0 bridgehead atoms. The third-order valence-corrected chi connectivity index (χ3v) is 8.47. The standard InChI is InChI=1S/C34H20/c1-2-8-21-19(7-1)15-32-30-18-28-20(16-29(30)27-14-5-11-24(21)33(27)32)17-31-23-10-4-3-9-22(23)25-12-6-13-26(28)34(25)31/h1-18,21,30H. The van der Waals surface area contributed by atoms with Gasteiger partial charge in [0.1, 0.15) is 0 Å². The van der Waals surface area contributed by atoms with Gasteiger partial charge in [-0.25, -0.2) is 0 Å². The summed E-state index contributed by atoms with van der Waals surface area (Å²) in [5, 5.41) is 8.43. The molecule has 0 saturated heterocycles. The SMILES string of the molecule is C1=CC2=CC3=c4c(cccc4=C4C=c5cc6c7c(cccc7c5=CC43)-c3ccccc3-6)C2C=C1. The Morgan fingerprint density at radius 1 is 0.647 bits per heavy atom.